The standard InChI is InChI=1S/C15H18N2O2/c16-8-9-17(11-4-3-5-11)15(18)13-10-19-14-7-2-1-6-12(13)14/h1-2,6-7,10-11H,3-5,8-9,16H2. The number of amides is 1. The first kappa shape index (κ1) is 12.2. The van der Waals surface area contributed by atoms with Gasteiger partial charge < -0.3 is 15.1 Å². The van der Waals surface area contributed by atoms with Gasteiger partial charge in [0.25, 0.3) is 5.91 Å². The van der Waals surface area contributed by atoms with Crippen molar-refractivity contribution < 1.29 is 9.21 Å². The van der Waals surface area contributed by atoms with Crippen LogP contribution in [0.25, 0.3) is 11.0 Å². The van der Waals surface area contributed by atoms with Crippen LogP contribution < -0.4 is 5.73 Å². The average molecular weight is 258 g/mol. The Balaban J connectivity index is 1.92. The van der Waals surface area contributed by atoms with E-state index in [1.807, 2.05) is 29.2 Å². The van der Waals surface area contributed by atoms with E-state index in [4.69, 9.17) is 10.2 Å². The molecule has 0 spiro atoms. The summed E-state index contributed by atoms with van der Waals surface area (Å²) in [5.74, 6) is 0.0418. The minimum atomic E-state index is 0.0418. The molecule has 19 heavy (non-hydrogen) atoms. The van der Waals surface area contributed by atoms with Crippen molar-refractivity contribution in [1.29, 1.82) is 0 Å². The van der Waals surface area contributed by atoms with Crippen LogP contribution in [0.1, 0.15) is 29.6 Å². The number of benzene rings is 1. The fraction of sp³-hybridized carbons (Fsp3) is 0.400. The van der Waals surface area contributed by atoms with Crippen molar-refractivity contribution in [1.82, 2.24) is 4.90 Å². The molecular formula is C15H18N2O2. The number of carbonyl (C=O) groups excluding carboxylic acids is 1. The fourth-order valence-corrected chi connectivity index (χ4v) is 2.59. The van der Waals surface area contributed by atoms with E-state index in [0.29, 0.717) is 24.7 Å². The van der Waals surface area contributed by atoms with E-state index in [1.54, 1.807) is 6.26 Å². The van der Waals surface area contributed by atoms with Gasteiger partial charge in [-0.15, -0.1) is 0 Å². The van der Waals surface area contributed by atoms with Crippen molar-refractivity contribution in [3.05, 3.63) is 36.1 Å². The Hall–Kier alpha value is -1.81. The SMILES string of the molecule is NCCN(C(=O)c1coc2ccccc12)C1CCC1. The van der Waals surface area contributed by atoms with Crippen LogP contribution in [0.15, 0.2) is 34.9 Å². The molecule has 0 unspecified atom stereocenters. The maximum atomic E-state index is 12.7. The zero-order valence-corrected chi connectivity index (χ0v) is 10.8. The number of rotatable bonds is 4. The van der Waals surface area contributed by atoms with Crippen LogP contribution >= 0.6 is 0 Å². The predicted octanol–water partition coefficient (Wildman–Crippen LogP) is 2.39. The van der Waals surface area contributed by atoms with Crippen LogP contribution in [0.2, 0.25) is 0 Å². The first-order valence-electron chi connectivity index (χ1n) is 6.78. The van der Waals surface area contributed by atoms with Crippen molar-refractivity contribution in [3.8, 4) is 0 Å². The zero-order chi connectivity index (χ0) is 13.2. The summed E-state index contributed by atoms with van der Waals surface area (Å²) in [4.78, 5) is 14.6. The molecule has 1 aliphatic carbocycles. The molecule has 3 rings (SSSR count). The lowest BCUT2D eigenvalue weighted by Crippen LogP contribution is -2.46. The number of hydrogen-bond acceptors (Lipinski definition) is 3. The quantitative estimate of drug-likeness (QED) is 0.916. The lowest BCUT2D eigenvalue weighted by Gasteiger charge is -2.37. The maximum absolute atomic E-state index is 12.7. The molecule has 1 heterocycles. The number of nitrogens with zero attached hydrogens (tertiary/aromatic N) is 1. The highest BCUT2D eigenvalue weighted by atomic mass is 16.3. The third kappa shape index (κ3) is 2.12. The molecule has 1 fully saturated rings. The predicted molar refractivity (Wildman–Crippen MR) is 73.9 cm³/mol. The molecule has 0 atom stereocenters. The highest BCUT2D eigenvalue weighted by molar-refractivity contribution is 6.06. The second-order valence-electron chi connectivity index (χ2n) is 5.02. The van der Waals surface area contributed by atoms with Gasteiger partial charge in [-0.3, -0.25) is 4.79 Å². The van der Waals surface area contributed by atoms with E-state index in [9.17, 15) is 4.79 Å². The molecule has 1 aromatic carbocycles. The summed E-state index contributed by atoms with van der Waals surface area (Å²) < 4.78 is 5.45. The summed E-state index contributed by atoms with van der Waals surface area (Å²) in [6, 6.07) is 7.98. The molecule has 1 saturated carbocycles. The largest absolute Gasteiger partial charge is 0.463 e. The summed E-state index contributed by atoms with van der Waals surface area (Å²) in [6.07, 6.45) is 4.93. The third-order valence-corrected chi connectivity index (χ3v) is 3.86. The van der Waals surface area contributed by atoms with Gasteiger partial charge in [-0.1, -0.05) is 18.2 Å². The van der Waals surface area contributed by atoms with Crippen molar-refractivity contribution in [2.45, 2.75) is 25.3 Å². The Morgan fingerprint density at radius 1 is 1.37 bits per heavy atom. The Bertz CT molecular complexity index is 587. The van der Waals surface area contributed by atoms with Gasteiger partial charge in [-0.05, 0) is 25.3 Å². The van der Waals surface area contributed by atoms with E-state index in [0.717, 1.165) is 23.8 Å². The summed E-state index contributed by atoms with van der Waals surface area (Å²) in [6.45, 7) is 1.11. The Kier molecular flexibility index (Phi) is 3.25. The molecule has 100 valence electrons. The highest BCUT2D eigenvalue weighted by Gasteiger charge is 2.30. The monoisotopic (exact) mass is 258 g/mol. The van der Waals surface area contributed by atoms with Crippen molar-refractivity contribution in [2.24, 2.45) is 5.73 Å². The van der Waals surface area contributed by atoms with Crippen LogP contribution in [0.5, 0.6) is 0 Å². The molecular weight excluding hydrogens is 240 g/mol. The van der Waals surface area contributed by atoms with Crippen LogP contribution in [-0.2, 0) is 0 Å². The van der Waals surface area contributed by atoms with Crippen molar-refractivity contribution in [2.75, 3.05) is 13.1 Å². The molecule has 0 aliphatic heterocycles. The summed E-state index contributed by atoms with van der Waals surface area (Å²) in [5, 5.41) is 0.883. The van der Waals surface area contributed by atoms with Crippen LogP contribution in [0.3, 0.4) is 0 Å². The molecule has 0 radical (unpaired) electrons. The second kappa shape index (κ2) is 5.05. The van der Waals surface area contributed by atoms with E-state index in [-0.39, 0.29) is 5.91 Å². The number of fused-ring (bicyclic) bond motifs is 1. The van der Waals surface area contributed by atoms with E-state index in [1.165, 1.54) is 6.42 Å². The van der Waals surface area contributed by atoms with E-state index < -0.39 is 0 Å². The van der Waals surface area contributed by atoms with Gasteiger partial charge in [0.05, 0.1) is 5.56 Å². The first-order valence-corrected chi connectivity index (χ1v) is 6.78. The smallest absolute Gasteiger partial charge is 0.258 e. The van der Waals surface area contributed by atoms with Crippen molar-refractivity contribution in [3.63, 3.8) is 0 Å². The topological polar surface area (TPSA) is 59.5 Å². The molecule has 2 aromatic rings. The Morgan fingerprint density at radius 2 is 2.16 bits per heavy atom. The summed E-state index contributed by atoms with van der Waals surface area (Å²) in [7, 11) is 0. The van der Waals surface area contributed by atoms with Crippen LogP contribution in [-0.4, -0.2) is 29.9 Å². The second-order valence-corrected chi connectivity index (χ2v) is 5.02. The molecule has 0 bridgehead atoms. The van der Waals surface area contributed by atoms with Gasteiger partial charge >= 0.3 is 0 Å². The van der Waals surface area contributed by atoms with Crippen LogP contribution in [0.4, 0.5) is 0 Å². The minimum Gasteiger partial charge on any atom is -0.463 e. The van der Waals surface area contributed by atoms with Gasteiger partial charge in [0, 0.05) is 24.5 Å². The average Bonchev–Trinajstić information content (AvgIpc) is 2.79. The molecule has 4 heteroatoms. The molecule has 1 amide bonds. The maximum Gasteiger partial charge on any atom is 0.258 e. The lowest BCUT2D eigenvalue weighted by molar-refractivity contribution is 0.0590. The molecule has 1 aromatic heterocycles. The molecule has 0 saturated heterocycles. The Labute approximate surface area is 112 Å². The number of nitrogens with two attached hydrogens (primary N) is 1. The summed E-state index contributed by atoms with van der Waals surface area (Å²) in [5.41, 5.74) is 7.04. The Morgan fingerprint density at radius 3 is 2.84 bits per heavy atom. The van der Waals surface area contributed by atoms with E-state index in [2.05, 4.69) is 0 Å². The van der Waals surface area contributed by atoms with Gasteiger partial charge in [0.1, 0.15) is 11.8 Å². The first-order chi connectivity index (χ1) is 9.31. The summed E-state index contributed by atoms with van der Waals surface area (Å²) >= 11 is 0. The van der Waals surface area contributed by atoms with E-state index >= 15 is 0 Å². The van der Waals surface area contributed by atoms with Gasteiger partial charge in [0.2, 0.25) is 0 Å². The number of carbonyl (C=O) groups is 1. The molecule has 2 N–H and O–H groups in total. The van der Waals surface area contributed by atoms with Gasteiger partial charge in [-0.25, -0.2) is 0 Å². The number of para-hydroxylation sites is 1. The third-order valence-electron chi connectivity index (χ3n) is 3.86. The highest BCUT2D eigenvalue weighted by Crippen LogP contribution is 2.28. The zero-order valence-electron chi connectivity index (χ0n) is 10.8. The number of furan rings is 1. The normalized spacial score (nSPS) is 15.4. The van der Waals surface area contributed by atoms with Gasteiger partial charge in [0.15, 0.2) is 0 Å². The molecule has 1 aliphatic rings. The van der Waals surface area contributed by atoms with Crippen LogP contribution in [0, 0.1) is 0 Å². The molecule has 4 nitrogen and oxygen atoms in total. The van der Waals surface area contributed by atoms with Gasteiger partial charge in [-0.2, -0.15) is 0 Å². The fourth-order valence-electron chi connectivity index (χ4n) is 2.59. The minimum absolute atomic E-state index is 0.0418. The van der Waals surface area contributed by atoms with Crippen molar-refractivity contribution >= 4 is 16.9 Å². The lowest BCUT2D eigenvalue weighted by atomic mass is 9.91. The number of hydrogen-bond donors (Lipinski definition) is 1.